The summed E-state index contributed by atoms with van der Waals surface area (Å²) in [6.45, 7) is 0. The van der Waals surface area contributed by atoms with Crippen LogP contribution in [0.1, 0.15) is 0 Å². The van der Waals surface area contributed by atoms with E-state index in [4.69, 9.17) is 13.8 Å². The van der Waals surface area contributed by atoms with Crippen LogP contribution in [-0.2, 0) is 0 Å². The lowest BCUT2D eigenvalue weighted by molar-refractivity contribution is 0.619. The molecular formula is C49H31N3O2. The Morgan fingerprint density at radius 1 is 0.444 bits per heavy atom. The first kappa shape index (κ1) is 30.3. The molecule has 0 saturated heterocycles. The molecule has 8 aromatic carbocycles. The van der Waals surface area contributed by atoms with Crippen molar-refractivity contribution in [3.05, 3.63) is 188 Å². The molecule has 11 rings (SSSR count). The van der Waals surface area contributed by atoms with Crippen molar-refractivity contribution >= 4 is 71.9 Å². The Morgan fingerprint density at radius 2 is 1.09 bits per heavy atom. The number of aromatic nitrogens is 2. The number of hydrogen-bond donors (Lipinski definition) is 0. The first-order valence-corrected chi connectivity index (χ1v) is 18.1. The van der Waals surface area contributed by atoms with Gasteiger partial charge in [-0.2, -0.15) is 0 Å². The van der Waals surface area contributed by atoms with Crippen LogP contribution in [0, 0.1) is 0 Å². The minimum atomic E-state index is 0.571. The van der Waals surface area contributed by atoms with Gasteiger partial charge < -0.3 is 18.3 Å². The fourth-order valence-corrected chi connectivity index (χ4v) is 7.97. The molecule has 3 aromatic heterocycles. The lowest BCUT2D eigenvalue weighted by Crippen LogP contribution is -2.10. The van der Waals surface area contributed by atoms with E-state index >= 15 is 0 Å². The van der Waals surface area contributed by atoms with Crippen molar-refractivity contribution in [1.82, 2.24) is 9.55 Å². The summed E-state index contributed by atoms with van der Waals surface area (Å²) in [4.78, 5) is 7.39. The summed E-state index contributed by atoms with van der Waals surface area (Å²) in [5, 5.41) is 4.26. The maximum Gasteiger partial charge on any atom is 0.227 e. The van der Waals surface area contributed by atoms with Gasteiger partial charge in [0.1, 0.15) is 11.1 Å². The molecule has 11 aromatic rings. The van der Waals surface area contributed by atoms with Crippen LogP contribution in [0.15, 0.2) is 197 Å². The van der Waals surface area contributed by atoms with Crippen LogP contribution in [0.3, 0.4) is 0 Å². The van der Waals surface area contributed by atoms with Gasteiger partial charge in [0.05, 0.1) is 22.1 Å². The number of benzene rings is 8. The highest BCUT2D eigenvalue weighted by Gasteiger charge is 2.26. The number of para-hydroxylation sites is 3. The smallest absolute Gasteiger partial charge is 0.227 e. The number of hydrogen-bond acceptors (Lipinski definition) is 4. The number of rotatable bonds is 6. The molecule has 5 nitrogen and oxygen atoms in total. The monoisotopic (exact) mass is 693 g/mol. The number of furan rings is 1. The van der Waals surface area contributed by atoms with E-state index in [1.165, 1.54) is 5.39 Å². The van der Waals surface area contributed by atoms with Crippen LogP contribution in [-0.4, -0.2) is 9.55 Å². The van der Waals surface area contributed by atoms with Crippen LogP contribution in [0.4, 0.5) is 17.1 Å². The highest BCUT2D eigenvalue weighted by Crippen LogP contribution is 2.47. The summed E-state index contributed by atoms with van der Waals surface area (Å²) < 4.78 is 15.8. The van der Waals surface area contributed by atoms with Crippen LogP contribution in [0.2, 0.25) is 0 Å². The normalized spacial score (nSPS) is 11.7. The third-order valence-electron chi connectivity index (χ3n) is 10.4. The molecule has 0 saturated carbocycles. The van der Waals surface area contributed by atoms with E-state index < -0.39 is 0 Å². The average Bonchev–Trinajstić information content (AvgIpc) is 3.94. The summed E-state index contributed by atoms with van der Waals surface area (Å²) >= 11 is 0. The largest absolute Gasteiger partial charge is 0.454 e. The van der Waals surface area contributed by atoms with Gasteiger partial charge in [-0.25, -0.2) is 4.98 Å². The van der Waals surface area contributed by atoms with Crippen molar-refractivity contribution < 1.29 is 8.83 Å². The Labute approximate surface area is 310 Å². The molecule has 0 atom stereocenters. The van der Waals surface area contributed by atoms with Gasteiger partial charge in [-0.15, -0.1) is 0 Å². The lowest BCUT2D eigenvalue weighted by Gasteiger charge is -2.26. The molecule has 0 amide bonds. The van der Waals surface area contributed by atoms with Gasteiger partial charge >= 0.3 is 0 Å². The second kappa shape index (κ2) is 12.1. The molecule has 5 heteroatoms. The van der Waals surface area contributed by atoms with Gasteiger partial charge in [-0.3, -0.25) is 0 Å². The van der Waals surface area contributed by atoms with Crippen molar-refractivity contribution in [1.29, 1.82) is 0 Å². The number of fused-ring (bicyclic) bond motifs is 8. The molecule has 254 valence electrons. The second-order valence-corrected chi connectivity index (χ2v) is 13.6. The van der Waals surface area contributed by atoms with E-state index in [0.29, 0.717) is 11.5 Å². The van der Waals surface area contributed by atoms with E-state index in [-0.39, 0.29) is 0 Å². The molecule has 0 aliphatic rings. The zero-order chi connectivity index (χ0) is 35.6. The molecule has 0 N–H and O–H groups in total. The molecule has 0 fully saturated rings. The SMILES string of the molecule is c1ccc(-c2cccc(N(c3ccc4c(c3)c3ccccc3n4-c3ccccc3)c3cc4oc(-c5ccccc5)nc4c4c3oc3ccccc34)c2)cc1. The van der Waals surface area contributed by atoms with Crippen LogP contribution < -0.4 is 4.90 Å². The van der Waals surface area contributed by atoms with Gasteiger partial charge in [-0.1, -0.05) is 115 Å². The minimum absolute atomic E-state index is 0.571. The highest BCUT2D eigenvalue weighted by molar-refractivity contribution is 6.21. The molecule has 0 aliphatic heterocycles. The molecule has 0 bridgehead atoms. The maximum atomic E-state index is 6.84. The Kier molecular flexibility index (Phi) is 6.79. The summed E-state index contributed by atoms with van der Waals surface area (Å²) in [6, 6.07) is 65.5. The Morgan fingerprint density at radius 3 is 1.91 bits per heavy atom. The summed E-state index contributed by atoms with van der Waals surface area (Å²) in [5.41, 5.74) is 12.5. The van der Waals surface area contributed by atoms with Crippen molar-refractivity contribution in [2.45, 2.75) is 0 Å². The molecule has 0 radical (unpaired) electrons. The first-order valence-electron chi connectivity index (χ1n) is 18.1. The lowest BCUT2D eigenvalue weighted by atomic mass is 10.0. The molecule has 54 heavy (non-hydrogen) atoms. The van der Waals surface area contributed by atoms with Gasteiger partial charge in [0.15, 0.2) is 11.2 Å². The van der Waals surface area contributed by atoms with E-state index in [1.807, 2.05) is 48.5 Å². The molecule has 0 aliphatic carbocycles. The van der Waals surface area contributed by atoms with Gasteiger partial charge in [0.25, 0.3) is 0 Å². The Balaban J connectivity index is 1.22. The topological polar surface area (TPSA) is 47.3 Å². The van der Waals surface area contributed by atoms with Crippen LogP contribution >= 0.6 is 0 Å². The maximum absolute atomic E-state index is 6.84. The molecule has 3 heterocycles. The molecule has 0 spiro atoms. The number of anilines is 3. The third kappa shape index (κ3) is 4.76. The van der Waals surface area contributed by atoms with Crippen molar-refractivity contribution in [2.75, 3.05) is 4.90 Å². The average molecular weight is 694 g/mol. The Bertz CT molecular complexity index is 3160. The highest BCUT2D eigenvalue weighted by atomic mass is 16.4. The van der Waals surface area contributed by atoms with E-state index in [9.17, 15) is 0 Å². The van der Waals surface area contributed by atoms with Gasteiger partial charge in [0, 0.05) is 44.9 Å². The third-order valence-corrected chi connectivity index (χ3v) is 10.4. The van der Waals surface area contributed by atoms with E-state index in [0.717, 1.165) is 83.3 Å². The molecule has 0 unspecified atom stereocenters. The van der Waals surface area contributed by atoms with Gasteiger partial charge in [0.2, 0.25) is 5.89 Å². The number of nitrogens with zero attached hydrogens (tertiary/aromatic N) is 3. The van der Waals surface area contributed by atoms with E-state index in [2.05, 4.69) is 149 Å². The zero-order valence-corrected chi connectivity index (χ0v) is 29.1. The summed E-state index contributed by atoms with van der Waals surface area (Å²) in [5.74, 6) is 0.571. The van der Waals surface area contributed by atoms with Crippen molar-refractivity contribution in [3.63, 3.8) is 0 Å². The Hall–Kier alpha value is -7.37. The zero-order valence-electron chi connectivity index (χ0n) is 29.1. The number of oxazole rings is 1. The van der Waals surface area contributed by atoms with Crippen LogP contribution in [0.25, 0.3) is 83.1 Å². The summed E-state index contributed by atoms with van der Waals surface area (Å²) in [6.07, 6.45) is 0. The second-order valence-electron chi connectivity index (χ2n) is 13.6. The van der Waals surface area contributed by atoms with Gasteiger partial charge in [-0.05, 0) is 77.9 Å². The fourth-order valence-electron chi connectivity index (χ4n) is 7.97. The minimum Gasteiger partial charge on any atom is -0.454 e. The fraction of sp³-hybridized carbons (Fsp3) is 0. The predicted octanol–water partition coefficient (Wildman–Crippen LogP) is 13.6. The predicted molar refractivity (Wildman–Crippen MR) is 221 cm³/mol. The van der Waals surface area contributed by atoms with Crippen molar-refractivity contribution in [3.8, 4) is 28.3 Å². The van der Waals surface area contributed by atoms with Crippen LogP contribution in [0.5, 0.6) is 0 Å². The molecular weight excluding hydrogens is 663 g/mol. The van der Waals surface area contributed by atoms with E-state index in [1.54, 1.807) is 0 Å². The standard InChI is InChI=1S/C49H31N3O2/c1-4-15-32(16-5-1)34-19-14-22-36(29-34)51(37-27-28-42-40(30-37)38-23-10-12-25-41(38)52(42)35-20-8-3-9-21-35)43-31-45-47(50-49(54-45)33-17-6-2-7-18-33)46-39-24-11-13-26-44(39)53-48(43)46/h1-31H. The van der Waals surface area contributed by atoms with Crippen molar-refractivity contribution in [2.24, 2.45) is 0 Å². The summed E-state index contributed by atoms with van der Waals surface area (Å²) in [7, 11) is 0. The first-order chi connectivity index (χ1) is 26.8. The quantitative estimate of drug-likeness (QED) is 0.174.